The van der Waals surface area contributed by atoms with Crippen LogP contribution in [0.4, 0.5) is 18.9 Å². The lowest BCUT2D eigenvalue weighted by Gasteiger charge is -2.25. The first-order chi connectivity index (χ1) is 17.2. The molecule has 1 aliphatic carbocycles. The molecule has 36 heavy (non-hydrogen) atoms. The van der Waals surface area contributed by atoms with Crippen LogP contribution in [0.15, 0.2) is 27.4 Å². The lowest BCUT2D eigenvalue weighted by atomic mass is 10.1. The van der Waals surface area contributed by atoms with E-state index in [1.807, 2.05) is 0 Å². The number of carboxylic acids is 1. The number of carboxylic acid groups (broad SMARTS) is 1. The monoisotopic (exact) mass is 511 g/mol. The minimum atomic E-state index is -3.36. The number of amidine groups is 1. The van der Waals surface area contributed by atoms with Crippen LogP contribution in [0.25, 0.3) is 10.9 Å². The third-order valence-corrected chi connectivity index (χ3v) is 5.91. The van der Waals surface area contributed by atoms with Crippen molar-refractivity contribution in [1.29, 1.82) is 0 Å². The molecule has 0 spiro atoms. The summed E-state index contributed by atoms with van der Waals surface area (Å²) in [7, 11) is 1.29. The van der Waals surface area contributed by atoms with E-state index in [4.69, 9.17) is 20.1 Å². The summed E-state index contributed by atoms with van der Waals surface area (Å²) < 4.78 is 49.0. The van der Waals surface area contributed by atoms with Crippen molar-refractivity contribution in [2.24, 2.45) is 22.0 Å². The van der Waals surface area contributed by atoms with E-state index in [2.05, 4.69) is 10.3 Å². The Morgan fingerprint density at radius 3 is 2.67 bits per heavy atom. The van der Waals surface area contributed by atoms with Gasteiger partial charge in [0.1, 0.15) is 30.8 Å². The average Bonchev–Trinajstić information content (AvgIpc) is 3.57. The zero-order valence-electron chi connectivity index (χ0n) is 19.4. The van der Waals surface area contributed by atoms with Crippen molar-refractivity contribution in [2.75, 3.05) is 31.7 Å². The molecule has 1 saturated carbocycles. The van der Waals surface area contributed by atoms with Gasteiger partial charge in [-0.25, -0.2) is 9.18 Å². The molecule has 14 heteroatoms. The third-order valence-electron chi connectivity index (χ3n) is 5.91. The Hall–Kier alpha value is -3.97. The summed E-state index contributed by atoms with van der Waals surface area (Å²) in [5, 5.41) is 16.8. The number of ether oxygens (including phenoxy) is 1. The average molecular weight is 511 g/mol. The summed E-state index contributed by atoms with van der Waals surface area (Å²) in [6.07, 6.45) is 2.33. The maximum atomic E-state index is 15.6. The molecule has 2 aliphatic rings. The van der Waals surface area contributed by atoms with Gasteiger partial charge in [0.15, 0.2) is 11.6 Å². The van der Waals surface area contributed by atoms with Crippen LogP contribution in [0.5, 0.6) is 5.75 Å². The first-order valence-electron chi connectivity index (χ1n) is 11.1. The number of alkyl halides is 2. The maximum Gasteiger partial charge on any atom is 0.387 e. The molecule has 0 amide bonds. The molecule has 1 atom stereocenters. The van der Waals surface area contributed by atoms with E-state index in [9.17, 15) is 23.5 Å². The Morgan fingerprint density at radius 1 is 1.36 bits per heavy atom. The molecule has 194 valence electrons. The highest BCUT2D eigenvalue weighted by Gasteiger charge is 2.38. The zero-order chi connectivity index (χ0) is 26.1. The number of halogens is 3. The third kappa shape index (κ3) is 4.62. The number of hydrogen-bond acceptors (Lipinski definition) is 8. The molecule has 1 unspecified atom stereocenters. The van der Waals surface area contributed by atoms with Gasteiger partial charge >= 0.3 is 12.6 Å². The summed E-state index contributed by atoms with van der Waals surface area (Å²) in [6.45, 7) is -1.52. The highest BCUT2D eigenvalue weighted by Crippen LogP contribution is 2.45. The predicted molar refractivity (Wildman–Crippen MR) is 123 cm³/mol. The van der Waals surface area contributed by atoms with E-state index < -0.39 is 41.1 Å². The van der Waals surface area contributed by atoms with Crippen molar-refractivity contribution in [3.63, 3.8) is 0 Å². The van der Waals surface area contributed by atoms with Crippen LogP contribution in [0.1, 0.15) is 36.2 Å². The molecule has 1 aliphatic heterocycles. The number of aromatic carboxylic acids is 1. The zero-order valence-corrected chi connectivity index (χ0v) is 19.4. The maximum absolute atomic E-state index is 15.6. The van der Waals surface area contributed by atoms with E-state index in [1.54, 1.807) is 6.92 Å². The number of benzene rings is 1. The standard InChI is InChI=1S/C22H24F3N5O6/c1-3-35-27-15-9-29(7-12(15)20(26)28-34-2)17-14(23)6-11-16(19(17)36-22(24)25)30(10-4-5-10)8-13(18(11)31)21(32)33/h6,8,10,12,22H,3-5,7,9H2,1-2H3,(H2,26,28)(H,32,33)/b27-15+. The van der Waals surface area contributed by atoms with Crippen molar-refractivity contribution >= 4 is 34.1 Å². The molecule has 0 bridgehead atoms. The van der Waals surface area contributed by atoms with Crippen LogP contribution in [0.2, 0.25) is 0 Å². The molecule has 11 nitrogen and oxygen atoms in total. The van der Waals surface area contributed by atoms with Crippen LogP contribution in [-0.2, 0) is 9.68 Å². The minimum absolute atomic E-state index is 0.0111. The van der Waals surface area contributed by atoms with E-state index in [-0.39, 0.29) is 48.2 Å². The van der Waals surface area contributed by atoms with Crippen molar-refractivity contribution in [3.8, 4) is 5.75 Å². The van der Waals surface area contributed by atoms with Gasteiger partial charge in [0.2, 0.25) is 5.43 Å². The largest absolute Gasteiger partial charge is 0.477 e. The Kier molecular flexibility index (Phi) is 6.95. The van der Waals surface area contributed by atoms with Crippen LogP contribution < -0.4 is 20.8 Å². The van der Waals surface area contributed by atoms with Crippen molar-refractivity contribution < 1.29 is 37.5 Å². The fourth-order valence-corrected chi connectivity index (χ4v) is 4.27. The second-order valence-electron chi connectivity index (χ2n) is 8.26. The molecular formula is C22H24F3N5O6. The quantitative estimate of drug-likeness (QED) is 0.297. The highest BCUT2D eigenvalue weighted by atomic mass is 19.3. The summed E-state index contributed by atoms with van der Waals surface area (Å²) in [6, 6.07) is 0.589. The van der Waals surface area contributed by atoms with Crippen LogP contribution in [0, 0.1) is 11.7 Å². The number of aromatic nitrogens is 1. The van der Waals surface area contributed by atoms with Gasteiger partial charge in [-0.3, -0.25) is 4.79 Å². The number of fused-ring (bicyclic) bond motifs is 1. The van der Waals surface area contributed by atoms with Gasteiger partial charge in [-0.05, 0) is 25.8 Å². The number of anilines is 1. The summed E-state index contributed by atoms with van der Waals surface area (Å²) in [4.78, 5) is 35.7. The first kappa shape index (κ1) is 25.1. The second-order valence-corrected chi connectivity index (χ2v) is 8.26. The summed E-state index contributed by atoms with van der Waals surface area (Å²) >= 11 is 0. The number of oxime groups is 2. The van der Waals surface area contributed by atoms with Gasteiger partial charge in [0.05, 0.1) is 29.1 Å². The van der Waals surface area contributed by atoms with E-state index in [1.165, 1.54) is 16.6 Å². The van der Waals surface area contributed by atoms with Crippen molar-refractivity contribution in [1.82, 2.24) is 4.57 Å². The molecule has 2 fully saturated rings. The Bertz CT molecular complexity index is 1310. The number of nitrogens with two attached hydrogens (primary N) is 1. The van der Waals surface area contributed by atoms with Gasteiger partial charge < -0.3 is 34.7 Å². The fourth-order valence-electron chi connectivity index (χ4n) is 4.27. The van der Waals surface area contributed by atoms with Crippen molar-refractivity contribution in [3.05, 3.63) is 33.9 Å². The first-order valence-corrected chi connectivity index (χ1v) is 11.1. The topological polar surface area (TPSA) is 141 Å². The fraction of sp³-hybridized carbons (Fsp3) is 0.455. The highest BCUT2D eigenvalue weighted by molar-refractivity contribution is 6.10. The molecular weight excluding hydrogens is 487 g/mol. The number of rotatable bonds is 9. The van der Waals surface area contributed by atoms with Gasteiger partial charge in [-0.1, -0.05) is 10.3 Å². The SMILES string of the molecule is CCO/N=C1\CN(c2c(F)cc3c(=O)c(C(=O)O)cn(C4CC4)c3c2OC(F)F)CC1/C(N)=N\OC. The van der Waals surface area contributed by atoms with Crippen molar-refractivity contribution in [2.45, 2.75) is 32.4 Å². The number of carbonyl (C=O) groups is 1. The van der Waals surface area contributed by atoms with Crippen LogP contribution in [0.3, 0.4) is 0 Å². The molecule has 2 heterocycles. The minimum Gasteiger partial charge on any atom is -0.477 e. The van der Waals surface area contributed by atoms with E-state index in [0.717, 1.165) is 12.3 Å². The summed E-state index contributed by atoms with van der Waals surface area (Å²) in [5.74, 6) is -3.83. The lowest BCUT2D eigenvalue weighted by Crippen LogP contribution is -2.31. The molecule has 4 rings (SSSR count). The van der Waals surface area contributed by atoms with Crippen LogP contribution >= 0.6 is 0 Å². The van der Waals surface area contributed by atoms with E-state index >= 15 is 4.39 Å². The molecule has 1 aromatic carbocycles. The Morgan fingerprint density at radius 2 is 2.08 bits per heavy atom. The van der Waals surface area contributed by atoms with Gasteiger partial charge in [-0.15, -0.1) is 0 Å². The van der Waals surface area contributed by atoms with Gasteiger partial charge in [-0.2, -0.15) is 8.78 Å². The van der Waals surface area contributed by atoms with E-state index in [0.29, 0.717) is 18.6 Å². The number of pyridine rings is 1. The normalized spacial score (nSPS) is 19.4. The number of nitrogens with zero attached hydrogens (tertiary/aromatic N) is 4. The summed E-state index contributed by atoms with van der Waals surface area (Å²) in [5.41, 5.74) is 4.27. The molecule has 2 aromatic rings. The Balaban J connectivity index is 1.96. The Labute approximate surface area is 202 Å². The molecule has 1 aromatic heterocycles. The van der Waals surface area contributed by atoms with Gasteiger partial charge in [0, 0.05) is 18.8 Å². The lowest BCUT2D eigenvalue weighted by molar-refractivity contribution is -0.0488. The molecule has 3 N–H and O–H groups in total. The van der Waals surface area contributed by atoms with Gasteiger partial charge in [0.25, 0.3) is 0 Å². The second kappa shape index (κ2) is 9.95. The molecule has 0 radical (unpaired) electrons. The smallest absolute Gasteiger partial charge is 0.387 e. The molecule has 1 saturated heterocycles. The van der Waals surface area contributed by atoms with Crippen LogP contribution in [-0.4, -0.2) is 60.6 Å². The number of hydrogen-bond donors (Lipinski definition) is 2. The predicted octanol–water partition coefficient (Wildman–Crippen LogP) is 2.52.